The van der Waals surface area contributed by atoms with Gasteiger partial charge >= 0.3 is 5.97 Å². The van der Waals surface area contributed by atoms with Crippen molar-refractivity contribution in [3.8, 4) is 5.75 Å². The molecule has 0 fully saturated rings. The molecule has 1 aliphatic rings. The lowest BCUT2D eigenvalue weighted by Gasteiger charge is -2.34. The number of nitrogens with two attached hydrogens (primary N) is 2. The van der Waals surface area contributed by atoms with Gasteiger partial charge in [-0.05, 0) is 67.6 Å². The Bertz CT molecular complexity index is 1310. The van der Waals surface area contributed by atoms with Gasteiger partial charge in [0, 0.05) is 44.4 Å². The summed E-state index contributed by atoms with van der Waals surface area (Å²) in [7, 11) is 1.73. The lowest BCUT2D eigenvalue weighted by molar-refractivity contribution is -0.147. The molecule has 39 heavy (non-hydrogen) atoms. The number of nitrogens with zero attached hydrogens (tertiary/aromatic N) is 3. The number of ether oxygens (including phenoxy) is 1. The van der Waals surface area contributed by atoms with E-state index in [2.05, 4.69) is 28.9 Å². The van der Waals surface area contributed by atoms with Crippen LogP contribution in [0, 0.1) is 19.3 Å². The van der Waals surface area contributed by atoms with E-state index in [1.54, 1.807) is 33.3 Å². The zero-order chi connectivity index (χ0) is 28.9. The maximum Gasteiger partial charge on any atom is 0.310 e. The summed E-state index contributed by atoms with van der Waals surface area (Å²) in [6.07, 6.45) is 3.56. The number of fused-ring (bicyclic) bond motifs is 1. The molecule has 3 aromatic rings. The first-order valence-electron chi connectivity index (χ1n) is 13.5. The number of rotatable bonds is 7. The zero-order valence-corrected chi connectivity index (χ0v) is 24.3. The second-order valence-electron chi connectivity index (χ2n) is 10.5. The van der Waals surface area contributed by atoms with E-state index in [0.29, 0.717) is 18.0 Å². The highest BCUT2D eigenvalue weighted by Crippen LogP contribution is 2.45. The first-order valence-corrected chi connectivity index (χ1v) is 13.5. The summed E-state index contributed by atoms with van der Waals surface area (Å²) < 4.78 is 5.89. The highest BCUT2D eigenvalue weighted by atomic mass is 16.5. The van der Waals surface area contributed by atoms with Crippen LogP contribution in [0.15, 0.2) is 48.8 Å². The minimum atomic E-state index is -1.08. The number of carboxylic acids is 1. The Morgan fingerprint density at radius 2 is 1.92 bits per heavy atom. The average Bonchev–Trinajstić information content (AvgIpc) is 3.11. The van der Waals surface area contributed by atoms with Crippen LogP contribution in [0.1, 0.15) is 67.0 Å². The number of pyridine rings is 1. The predicted octanol–water partition coefficient (Wildman–Crippen LogP) is 5.25. The molecular formula is C31H43N5O3. The van der Waals surface area contributed by atoms with Gasteiger partial charge in [-0.25, -0.2) is 5.84 Å². The maximum atomic E-state index is 12.5. The van der Waals surface area contributed by atoms with E-state index < -0.39 is 17.3 Å². The summed E-state index contributed by atoms with van der Waals surface area (Å²) in [5.74, 6) is 5.51. The molecule has 8 heteroatoms. The molecule has 2 aromatic carbocycles. The van der Waals surface area contributed by atoms with Crippen LogP contribution in [0.5, 0.6) is 5.75 Å². The van der Waals surface area contributed by atoms with E-state index >= 15 is 0 Å². The second-order valence-corrected chi connectivity index (χ2v) is 10.5. The molecule has 4 rings (SSSR count). The van der Waals surface area contributed by atoms with Gasteiger partial charge in [0.1, 0.15) is 12.4 Å². The lowest BCUT2D eigenvalue weighted by atomic mass is 9.69. The average molecular weight is 534 g/mol. The Hall–Kier alpha value is -3.62. The number of carboxylic acid groups (broad SMARTS) is 1. The normalized spacial score (nSPS) is 14.3. The van der Waals surface area contributed by atoms with Gasteiger partial charge in [-0.2, -0.15) is 0 Å². The number of hydrogen-bond acceptors (Lipinski definition) is 7. The van der Waals surface area contributed by atoms with Crippen molar-refractivity contribution in [2.24, 2.45) is 11.3 Å². The van der Waals surface area contributed by atoms with Crippen molar-refractivity contribution in [2.75, 3.05) is 30.9 Å². The van der Waals surface area contributed by atoms with Crippen molar-refractivity contribution < 1.29 is 14.6 Å². The minimum absolute atomic E-state index is 0.414. The van der Waals surface area contributed by atoms with Crippen LogP contribution < -0.4 is 21.3 Å². The number of hydrazine groups is 1. The highest BCUT2D eigenvalue weighted by molar-refractivity contribution is 5.78. The lowest BCUT2D eigenvalue weighted by Crippen LogP contribution is -2.33. The fourth-order valence-electron chi connectivity index (χ4n) is 5.15. The fourth-order valence-corrected chi connectivity index (χ4v) is 5.15. The van der Waals surface area contributed by atoms with E-state index in [1.165, 1.54) is 5.01 Å². The molecular weight excluding hydrogens is 490 g/mol. The van der Waals surface area contributed by atoms with Crippen LogP contribution in [0.4, 0.5) is 11.4 Å². The van der Waals surface area contributed by atoms with E-state index in [4.69, 9.17) is 16.3 Å². The Labute approximate surface area is 232 Å². The Morgan fingerprint density at radius 1 is 1.21 bits per heavy atom. The number of aromatic nitrogens is 1. The topological polar surface area (TPSA) is 118 Å². The number of hydrogen-bond donors (Lipinski definition) is 3. The van der Waals surface area contributed by atoms with E-state index in [1.807, 2.05) is 45.0 Å². The Balaban J connectivity index is 0.00000205. The summed E-state index contributed by atoms with van der Waals surface area (Å²) in [5, 5.41) is 11.7. The number of benzene rings is 2. The van der Waals surface area contributed by atoms with Crippen molar-refractivity contribution in [1.29, 1.82) is 0 Å². The summed E-state index contributed by atoms with van der Waals surface area (Å²) in [5.41, 5.74) is 12.7. The SMILES string of the molecule is CC.Cc1ccc(C(c2ccc(N(C)N)c(N)c2C)C(C)(C)C(=O)O)cc1CN1CCOc2cnccc2C1. The first-order chi connectivity index (χ1) is 18.5. The van der Waals surface area contributed by atoms with Crippen molar-refractivity contribution in [2.45, 2.75) is 60.5 Å². The number of carbonyl (C=O) groups is 1. The molecule has 0 spiro atoms. The Morgan fingerprint density at radius 3 is 2.59 bits per heavy atom. The van der Waals surface area contributed by atoms with Crippen LogP contribution in [0.25, 0.3) is 0 Å². The molecule has 1 atom stereocenters. The van der Waals surface area contributed by atoms with Crippen LogP contribution in [-0.2, 0) is 17.9 Å². The van der Waals surface area contributed by atoms with Crippen molar-refractivity contribution in [3.63, 3.8) is 0 Å². The Kier molecular flexibility index (Phi) is 9.59. The van der Waals surface area contributed by atoms with Crippen LogP contribution in [0.3, 0.4) is 0 Å². The molecule has 0 saturated carbocycles. The molecule has 5 N–H and O–H groups in total. The van der Waals surface area contributed by atoms with Gasteiger partial charge in [0.25, 0.3) is 0 Å². The molecule has 8 nitrogen and oxygen atoms in total. The summed E-state index contributed by atoms with van der Waals surface area (Å²) >= 11 is 0. The van der Waals surface area contributed by atoms with E-state index in [0.717, 1.165) is 58.8 Å². The predicted molar refractivity (Wildman–Crippen MR) is 158 cm³/mol. The van der Waals surface area contributed by atoms with Gasteiger partial charge in [0.2, 0.25) is 0 Å². The van der Waals surface area contributed by atoms with Gasteiger partial charge in [-0.3, -0.25) is 14.7 Å². The number of anilines is 2. The van der Waals surface area contributed by atoms with Crippen molar-refractivity contribution >= 4 is 17.3 Å². The van der Waals surface area contributed by atoms with Gasteiger partial charge in [-0.15, -0.1) is 0 Å². The largest absolute Gasteiger partial charge is 0.490 e. The monoisotopic (exact) mass is 533 g/mol. The molecule has 0 bridgehead atoms. The van der Waals surface area contributed by atoms with Crippen LogP contribution in [-0.4, -0.2) is 41.2 Å². The minimum Gasteiger partial charge on any atom is -0.490 e. The fraction of sp³-hybridized carbons (Fsp3) is 0.419. The quantitative estimate of drug-likeness (QED) is 0.214. The van der Waals surface area contributed by atoms with E-state index in [9.17, 15) is 9.90 Å². The number of nitrogen functional groups attached to an aromatic ring is 1. The third-order valence-electron chi connectivity index (χ3n) is 7.53. The summed E-state index contributed by atoms with van der Waals surface area (Å²) in [6, 6.07) is 12.1. The third kappa shape index (κ3) is 6.34. The molecule has 2 heterocycles. The molecule has 0 aliphatic carbocycles. The van der Waals surface area contributed by atoms with Crippen LogP contribution >= 0.6 is 0 Å². The van der Waals surface area contributed by atoms with Gasteiger partial charge in [-0.1, -0.05) is 38.1 Å². The highest BCUT2D eigenvalue weighted by Gasteiger charge is 2.40. The molecule has 1 aromatic heterocycles. The molecule has 0 saturated heterocycles. The molecule has 0 amide bonds. The first kappa shape index (κ1) is 29.9. The van der Waals surface area contributed by atoms with E-state index in [-0.39, 0.29) is 0 Å². The standard InChI is InChI=1S/C29H37N5O3.C2H6/c1-18-6-7-20(14-22(18)17-34-12-13-37-25-15-32-11-10-21(25)16-34)26(29(3,4)28(35)36)23-8-9-24(33(5)31)27(30)19(23)2;1-2/h6-11,14-15,26H,12-13,16-17,30-31H2,1-5H3,(H,35,36);1-2H3. The molecule has 0 radical (unpaired) electrons. The third-order valence-corrected chi connectivity index (χ3v) is 7.53. The number of aryl methyl sites for hydroxylation is 1. The molecule has 1 unspecified atom stereocenters. The summed E-state index contributed by atoms with van der Waals surface area (Å²) in [4.78, 5) is 19.0. The van der Waals surface area contributed by atoms with Gasteiger partial charge in [0.15, 0.2) is 0 Å². The van der Waals surface area contributed by atoms with Crippen molar-refractivity contribution in [1.82, 2.24) is 9.88 Å². The van der Waals surface area contributed by atoms with Crippen LogP contribution in [0.2, 0.25) is 0 Å². The second kappa shape index (κ2) is 12.5. The molecule has 1 aliphatic heterocycles. The maximum absolute atomic E-state index is 12.5. The van der Waals surface area contributed by atoms with Gasteiger partial charge in [0.05, 0.1) is 23.0 Å². The number of aliphatic carboxylic acids is 1. The summed E-state index contributed by atoms with van der Waals surface area (Å²) in [6.45, 7) is 14.4. The molecule has 210 valence electrons. The van der Waals surface area contributed by atoms with Crippen molar-refractivity contribution in [3.05, 3.63) is 82.2 Å². The van der Waals surface area contributed by atoms with Gasteiger partial charge < -0.3 is 20.6 Å². The zero-order valence-electron chi connectivity index (χ0n) is 24.3. The smallest absolute Gasteiger partial charge is 0.310 e.